The van der Waals surface area contributed by atoms with E-state index in [4.69, 9.17) is 4.55 Å². The number of rotatable bonds is 6. The highest BCUT2D eigenvalue weighted by molar-refractivity contribution is 7.80. The van der Waals surface area contributed by atoms with Crippen LogP contribution in [0.4, 0.5) is 4.79 Å². The Hall–Kier alpha value is -2.24. The summed E-state index contributed by atoms with van der Waals surface area (Å²) >= 11 is 0. The topological polar surface area (TPSA) is 137 Å². The van der Waals surface area contributed by atoms with Crippen molar-refractivity contribution in [3.8, 4) is 0 Å². The van der Waals surface area contributed by atoms with Crippen molar-refractivity contribution in [1.82, 2.24) is 14.9 Å². The lowest BCUT2D eigenvalue weighted by atomic mass is 9.87. The van der Waals surface area contributed by atoms with Crippen molar-refractivity contribution >= 4 is 22.4 Å². The Morgan fingerprint density at radius 3 is 2.76 bits per heavy atom. The molecule has 0 spiro atoms. The second-order valence-corrected chi connectivity index (χ2v) is 7.04. The zero-order chi connectivity index (χ0) is 18.2. The smallest absolute Gasteiger partial charge is 0.418 e. The van der Waals surface area contributed by atoms with E-state index in [1.807, 2.05) is 0 Å². The lowest BCUT2D eigenvalue weighted by molar-refractivity contribution is -0.144. The number of urea groups is 1. The number of carboxylic acid groups (broad SMARTS) is 1. The van der Waals surface area contributed by atoms with Crippen LogP contribution in [0.2, 0.25) is 0 Å². The van der Waals surface area contributed by atoms with Crippen LogP contribution in [0.3, 0.4) is 0 Å². The summed E-state index contributed by atoms with van der Waals surface area (Å²) in [5, 5.41) is 10.2. The first kappa shape index (κ1) is 17.6. The van der Waals surface area contributed by atoms with Crippen molar-refractivity contribution in [1.29, 1.82) is 0 Å². The van der Waals surface area contributed by atoms with E-state index < -0.39 is 40.4 Å². The first-order valence-electron chi connectivity index (χ1n) is 7.66. The fraction of sp³-hybridized carbons (Fsp3) is 0.500. The maximum Gasteiger partial charge on any atom is 0.418 e. The van der Waals surface area contributed by atoms with Crippen molar-refractivity contribution in [2.24, 2.45) is 5.92 Å². The molecule has 0 aromatic carbocycles. The Balaban J connectivity index is 1.80. The molecule has 1 aromatic heterocycles. The summed E-state index contributed by atoms with van der Waals surface area (Å²) in [6.45, 7) is 0.144. The van der Waals surface area contributed by atoms with Crippen LogP contribution in [0.15, 0.2) is 24.4 Å². The van der Waals surface area contributed by atoms with Crippen molar-refractivity contribution in [3.63, 3.8) is 0 Å². The van der Waals surface area contributed by atoms with Crippen LogP contribution >= 0.6 is 0 Å². The number of hydrogen-bond donors (Lipinski definition) is 2. The quantitative estimate of drug-likeness (QED) is 0.682. The summed E-state index contributed by atoms with van der Waals surface area (Å²) in [5.41, 5.74) is 0.592. The second-order valence-electron chi connectivity index (χ2n) is 6.03. The number of carboxylic acids is 1. The number of hydrogen-bond acceptors (Lipinski definition) is 6. The molecule has 1 aromatic rings. The molecule has 0 saturated carbocycles. The number of piperidine rings is 1. The molecule has 3 rings (SSSR count). The number of hydroxylamine groups is 2. The number of nitrogens with zero attached hydrogens (tertiary/aromatic N) is 3. The van der Waals surface area contributed by atoms with Gasteiger partial charge in [0.05, 0.1) is 12.0 Å². The molecule has 2 N–H and O–H groups in total. The number of fused-ring (bicyclic) bond motifs is 2. The predicted octanol–water partition coefficient (Wildman–Crippen LogP) is 0.328. The summed E-state index contributed by atoms with van der Waals surface area (Å²) in [6.07, 6.45) is 2.46. The van der Waals surface area contributed by atoms with Gasteiger partial charge >= 0.3 is 22.4 Å². The van der Waals surface area contributed by atoms with Crippen molar-refractivity contribution in [2.45, 2.75) is 31.3 Å². The minimum absolute atomic E-state index is 0.144. The highest BCUT2D eigenvalue weighted by Crippen LogP contribution is 2.34. The Labute approximate surface area is 143 Å². The fourth-order valence-electron chi connectivity index (χ4n) is 3.41. The Bertz CT molecular complexity index is 770. The third-order valence-electron chi connectivity index (χ3n) is 4.48. The number of carbonyl (C=O) groups is 2. The summed E-state index contributed by atoms with van der Waals surface area (Å²) in [4.78, 5) is 29.6. The fourth-order valence-corrected chi connectivity index (χ4v) is 3.80. The van der Waals surface area contributed by atoms with E-state index in [0.29, 0.717) is 23.6 Å². The van der Waals surface area contributed by atoms with Gasteiger partial charge in [-0.05, 0) is 25.0 Å². The standard InChI is InChI=1S/C14H17N3O7S/c18-13(19)11(7-9-3-1-2-6-15-9)12-5-4-10-8-16(12)14(20)17(10)24-25(21,22)23/h1-3,6,10-12H,4-5,7-8H2,(H,18,19)(H,21,22,23)/t10-,11?,12?/m1/s1. The zero-order valence-electron chi connectivity index (χ0n) is 13.1. The van der Waals surface area contributed by atoms with Gasteiger partial charge in [-0.2, -0.15) is 13.5 Å². The van der Waals surface area contributed by atoms with E-state index in [1.54, 1.807) is 24.4 Å². The molecule has 2 saturated heterocycles. The van der Waals surface area contributed by atoms with Gasteiger partial charge < -0.3 is 10.0 Å². The largest absolute Gasteiger partial charge is 0.481 e. The first-order chi connectivity index (χ1) is 11.8. The van der Waals surface area contributed by atoms with Gasteiger partial charge in [-0.25, -0.2) is 4.79 Å². The van der Waals surface area contributed by atoms with Crippen LogP contribution in [0.5, 0.6) is 0 Å². The van der Waals surface area contributed by atoms with E-state index in [9.17, 15) is 23.1 Å². The molecular formula is C14H17N3O7S. The lowest BCUT2D eigenvalue weighted by Gasteiger charge is -2.34. The molecule has 11 heteroatoms. The van der Waals surface area contributed by atoms with E-state index in [2.05, 4.69) is 9.27 Å². The van der Waals surface area contributed by atoms with E-state index in [-0.39, 0.29) is 13.0 Å². The normalized spacial score (nSPS) is 24.4. The SMILES string of the molecule is O=C(O)C(Cc1ccccn1)C1CC[C@@H]2CN1C(=O)N2OS(=O)(=O)O. The molecule has 2 fully saturated rings. The summed E-state index contributed by atoms with van der Waals surface area (Å²) < 4.78 is 35.0. The Morgan fingerprint density at radius 2 is 2.16 bits per heavy atom. The molecule has 25 heavy (non-hydrogen) atoms. The summed E-state index contributed by atoms with van der Waals surface area (Å²) in [5.74, 6) is -1.94. The molecule has 0 aliphatic carbocycles. The molecule has 136 valence electrons. The number of carbonyl (C=O) groups excluding carboxylic acids is 1. The molecular weight excluding hydrogens is 354 g/mol. The van der Waals surface area contributed by atoms with Gasteiger partial charge in [-0.1, -0.05) is 6.07 Å². The Morgan fingerprint density at radius 1 is 1.40 bits per heavy atom. The number of aliphatic carboxylic acids is 1. The molecule has 2 amide bonds. The molecule has 2 aliphatic heterocycles. The van der Waals surface area contributed by atoms with Crippen LogP contribution in [0, 0.1) is 5.92 Å². The molecule has 10 nitrogen and oxygen atoms in total. The van der Waals surface area contributed by atoms with Crippen molar-refractivity contribution < 1.29 is 31.9 Å². The van der Waals surface area contributed by atoms with Gasteiger partial charge in [0.15, 0.2) is 0 Å². The van der Waals surface area contributed by atoms with Gasteiger partial charge in [-0.15, -0.1) is 4.28 Å². The van der Waals surface area contributed by atoms with E-state index >= 15 is 0 Å². The van der Waals surface area contributed by atoms with E-state index in [0.717, 1.165) is 0 Å². The molecule has 2 aliphatic rings. The monoisotopic (exact) mass is 371 g/mol. The maximum absolute atomic E-state index is 12.4. The van der Waals surface area contributed by atoms with Crippen molar-refractivity contribution in [2.75, 3.05) is 6.54 Å². The van der Waals surface area contributed by atoms with Crippen LogP contribution in [-0.2, 0) is 25.9 Å². The van der Waals surface area contributed by atoms with Gasteiger partial charge in [0.2, 0.25) is 0 Å². The number of pyridine rings is 1. The van der Waals surface area contributed by atoms with Crippen LogP contribution < -0.4 is 0 Å². The highest BCUT2D eigenvalue weighted by Gasteiger charge is 2.50. The van der Waals surface area contributed by atoms with Gasteiger partial charge in [0.25, 0.3) is 0 Å². The Kier molecular flexibility index (Phi) is 4.62. The predicted molar refractivity (Wildman–Crippen MR) is 82.5 cm³/mol. The van der Waals surface area contributed by atoms with Crippen LogP contribution in [0.1, 0.15) is 18.5 Å². The molecule has 2 bridgehead atoms. The summed E-state index contributed by atoms with van der Waals surface area (Å²) in [6, 6.07) is 3.26. The summed E-state index contributed by atoms with van der Waals surface area (Å²) in [7, 11) is -4.83. The minimum Gasteiger partial charge on any atom is -0.481 e. The van der Waals surface area contributed by atoms with Gasteiger partial charge in [0.1, 0.15) is 0 Å². The maximum atomic E-state index is 12.4. The number of aromatic nitrogens is 1. The van der Waals surface area contributed by atoms with Gasteiger partial charge in [0, 0.05) is 30.9 Å². The second kappa shape index (κ2) is 6.58. The average Bonchev–Trinajstić information content (AvgIpc) is 2.78. The molecule has 0 radical (unpaired) electrons. The minimum atomic E-state index is -4.83. The number of amides is 2. The lowest BCUT2D eigenvalue weighted by Crippen LogP contribution is -2.47. The van der Waals surface area contributed by atoms with E-state index in [1.165, 1.54) is 4.90 Å². The van der Waals surface area contributed by atoms with Crippen molar-refractivity contribution in [3.05, 3.63) is 30.1 Å². The molecule has 2 unspecified atom stereocenters. The average molecular weight is 371 g/mol. The molecule has 3 atom stereocenters. The third-order valence-corrected chi connectivity index (χ3v) is 4.83. The van der Waals surface area contributed by atoms with Gasteiger partial charge in [-0.3, -0.25) is 14.3 Å². The first-order valence-corrected chi connectivity index (χ1v) is 9.02. The highest BCUT2D eigenvalue weighted by atomic mass is 32.3. The third kappa shape index (κ3) is 3.72. The zero-order valence-corrected chi connectivity index (χ0v) is 13.9. The van der Waals surface area contributed by atoms with Crippen LogP contribution in [-0.4, -0.2) is 63.7 Å². The van der Waals surface area contributed by atoms with Crippen LogP contribution in [0.25, 0.3) is 0 Å². The molecule has 3 heterocycles.